The Bertz CT molecular complexity index is 3260. The lowest BCUT2D eigenvalue weighted by Crippen LogP contribution is -1.92. The van der Waals surface area contributed by atoms with Crippen molar-refractivity contribution in [3.8, 4) is 72.8 Å². The van der Waals surface area contributed by atoms with Crippen molar-refractivity contribution in [3.05, 3.63) is 213 Å². The van der Waals surface area contributed by atoms with Gasteiger partial charge in [0.05, 0.1) is 11.0 Å². The monoisotopic (exact) mass is 741 g/mol. The van der Waals surface area contributed by atoms with Gasteiger partial charge in [0.1, 0.15) is 5.52 Å². The molecule has 3 heterocycles. The standard InChI is InChI=1S/C54H35N3O/c1-3-12-36(13-4-1)39-14-9-16-41(30-39)45-33-48(43-17-10-15-40(31-43)44-18-11-29-55-35-44)53-52(34-45)58-54(56-53)38-25-23-37(24-26-38)42-27-28-51-49(32-42)47-21-7-8-22-50(47)57(51)46-19-5-2-6-20-46/h1-35H. The lowest BCUT2D eigenvalue weighted by molar-refractivity contribution is 0.620. The summed E-state index contributed by atoms with van der Waals surface area (Å²) in [5, 5.41) is 2.46. The van der Waals surface area contributed by atoms with Crippen LogP contribution >= 0.6 is 0 Å². The van der Waals surface area contributed by atoms with Gasteiger partial charge in [-0.1, -0.05) is 127 Å². The quantitative estimate of drug-likeness (QED) is 0.163. The summed E-state index contributed by atoms with van der Waals surface area (Å²) in [6.45, 7) is 0. The molecule has 11 rings (SSSR count). The molecule has 0 unspecified atom stereocenters. The van der Waals surface area contributed by atoms with Crippen LogP contribution in [0.1, 0.15) is 0 Å². The zero-order chi connectivity index (χ0) is 38.4. The summed E-state index contributed by atoms with van der Waals surface area (Å²) in [5.74, 6) is 0.586. The Hall–Kier alpha value is -7.82. The number of benzene rings is 8. The third-order valence-corrected chi connectivity index (χ3v) is 11.1. The predicted octanol–water partition coefficient (Wildman–Crippen LogP) is 14.3. The van der Waals surface area contributed by atoms with E-state index in [1.807, 2.05) is 18.3 Å². The average Bonchev–Trinajstić information content (AvgIpc) is 3.89. The molecule has 0 aliphatic heterocycles. The van der Waals surface area contributed by atoms with Crippen LogP contribution in [0, 0.1) is 0 Å². The first-order chi connectivity index (χ1) is 28.7. The summed E-state index contributed by atoms with van der Waals surface area (Å²) in [4.78, 5) is 9.56. The summed E-state index contributed by atoms with van der Waals surface area (Å²) in [5.41, 5.74) is 17.1. The van der Waals surface area contributed by atoms with E-state index in [4.69, 9.17) is 9.40 Å². The number of rotatable bonds is 7. The van der Waals surface area contributed by atoms with Gasteiger partial charge in [0.25, 0.3) is 0 Å². The minimum Gasteiger partial charge on any atom is -0.436 e. The molecule has 3 aromatic heterocycles. The van der Waals surface area contributed by atoms with Gasteiger partial charge in [-0.15, -0.1) is 0 Å². The van der Waals surface area contributed by atoms with E-state index in [-0.39, 0.29) is 0 Å². The number of hydrogen-bond donors (Lipinski definition) is 0. The van der Waals surface area contributed by atoms with Crippen LogP contribution in [0.4, 0.5) is 0 Å². The van der Waals surface area contributed by atoms with Gasteiger partial charge in [-0.2, -0.15) is 0 Å². The molecule has 58 heavy (non-hydrogen) atoms. The number of pyridine rings is 1. The van der Waals surface area contributed by atoms with Crippen molar-refractivity contribution < 1.29 is 4.42 Å². The highest BCUT2D eigenvalue weighted by Crippen LogP contribution is 2.40. The van der Waals surface area contributed by atoms with Crippen molar-refractivity contribution in [1.29, 1.82) is 0 Å². The second-order valence-electron chi connectivity index (χ2n) is 14.7. The Morgan fingerprint density at radius 1 is 0.379 bits per heavy atom. The molecule has 272 valence electrons. The summed E-state index contributed by atoms with van der Waals surface area (Å²) in [6.07, 6.45) is 3.71. The van der Waals surface area contributed by atoms with Crippen molar-refractivity contribution in [3.63, 3.8) is 0 Å². The van der Waals surface area contributed by atoms with Crippen LogP contribution in [-0.2, 0) is 0 Å². The second-order valence-corrected chi connectivity index (χ2v) is 14.7. The van der Waals surface area contributed by atoms with Crippen LogP contribution in [0.25, 0.3) is 106 Å². The maximum atomic E-state index is 6.68. The lowest BCUT2D eigenvalue weighted by atomic mass is 9.94. The molecule has 0 aliphatic carbocycles. The van der Waals surface area contributed by atoms with Crippen LogP contribution < -0.4 is 0 Å². The van der Waals surface area contributed by atoms with Gasteiger partial charge in [-0.25, -0.2) is 4.98 Å². The van der Waals surface area contributed by atoms with Crippen LogP contribution in [0.3, 0.4) is 0 Å². The summed E-state index contributed by atoms with van der Waals surface area (Å²) < 4.78 is 9.03. The summed E-state index contributed by atoms with van der Waals surface area (Å²) in [7, 11) is 0. The molecule has 0 saturated carbocycles. The van der Waals surface area contributed by atoms with Crippen LogP contribution in [0.15, 0.2) is 217 Å². The van der Waals surface area contributed by atoms with E-state index < -0.39 is 0 Å². The van der Waals surface area contributed by atoms with Gasteiger partial charge in [-0.3, -0.25) is 4.98 Å². The highest BCUT2D eigenvalue weighted by atomic mass is 16.3. The zero-order valence-electron chi connectivity index (χ0n) is 31.5. The first-order valence-electron chi connectivity index (χ1n) is 19.5. The number of hydrogen-bond acceptors (Lipinski definition) is 3. The molecule has 0 amide bonds. The Balaban J connectivity index is 1.00. The van der Waals surface area contributed by atoms with Crippen molar-refractivity contribution >= 4 is 32.9 Å². The average molecular weight is 742 g/mol. The molecular weight excluding hydrogens is 707 g/mol. The Morgan fingerprint density at radius 3 is 1.76 bits per heavy atom. The fourth-order valence-corrected chi connectivity index (χ4v) is 8.26. The molecule has 0 atom stereocenters. The third-order valence-electron chi connectivity index (χ3n) is 11.1. The maximum absolute atomic E-state index is 6.68. The predicted molar refractivity (Wildman–Crippen MR) is 239 cm³/mol. The second kappa shape index (κ2) is 14.0. The smallest absolute Gasteiger partial charge is 0.227 e. The molecule has 4 heteroatoms. The van der Waals surface area contributed by atoms with Crippen molar-refractivity contribution in [2.45, 2.75) is 0 Å². The molecule has 0 radical (unpaired) electrons. The van der Waals surface area contributed by atoms with E-state index in [0.29, 0.717) is 5.89 Å². The van der Waals surface area contributed by atoms with Gasteiger partial charge in [-0.05, 0) is 117 Å². The molecule has 0 bridgehead atoms. The van der Waals surface area contributed by atoms with E-state index in [0.717, 1.165) is 72.4 Å². The van der Waals surface area contributed by atoms with E-state index in [9.17, 15) is 0 Å². The van der Waals surface area contributed by atoms with Crippen molar-refractivity contribution in [2.75, 3.05) is 0 Å². The minimum absolute atomic E-state index is 0.586. The largest absolute Gasteiger partial charge is 0.436 e. The molecule has 8 aromatic carbocycles. The Morgan fingerprint density at radius 2 is 0.966 bits per heavy atom. The van der Waals surface area contributed by atoms with Crippen LogP contribution in [0.5, 0.6) is 0 Å². The molecular formula is C54H35N3O. The fourth-order valence-electron chi connectivity index (χ4n) is 8.26. The highest BCUT2D eigenvalue weighted by molar-refractivity contribution is 6.10. The minimum atomic E-state index is 0.586. The molecule has 0 fully saturated rings. The SMILES string of the molecule is c1ccc(-c2cccc(-c3cc(-c4cccc(-c5cccnc5)c4)c4nc(-c5ccc(-c6ccc7c(c6)c6ccccc6n7-c6ccccc6)cc5)oc4c3)c2)cc1. The maximum Gasteiger partial charge on any atom is 0.227 e. The van der Waals surface area contributed by atoms with Gasteiger partial charge < -0.3 is 8.98 Å². The van der Waals surface area contributed by atoms with E-state index in [1.54, 1.807) is 6.20 Å². The van der Waals surface area contributed by atoms with Gasteiger partial charge >= 0.3 is 0 Å². The van der Waals surface area contributed by atoms with Crippen LogP contribution in [0.2, 0.25) is 0 Å². The number of fused-ring (bicyclic) bond motifs is 4. The molecule has 0 N–H and O–H groups in total. The molecule has 0 aliphatic rings. The number of oxazole rings is 1. The van der Waals surface area contributed by atoms with Gasteiger partial charge in [0, 0.05) is 45.5 Å². The van der Waals surface area contributed by atoms with Gasteiger partial charge in [0.15, 0.2) is 5.58 Å². The number of aromatic nitrogens is 3. The van der Waals surface area contributed by atoms with E-state index in [1.165, 1.54) is 27.4 Å². The first-order valence-corrected chi connectivity index (χ1v) is 19.5. The topological polar surface area (TPSA) is 43.9 Å². The Labute approximate surface area is 336 Å². The summed E-state index contributed by atoms with van der Waals surface area (Å²) >= 11 is 0. The van der Waals surface area contributed by atoms with Gasteiger partial charge in [0.2, 0.25) is 5.89 Å². The van der Waals surface area contributed by atoms with Crippen molar-refractivity contribution in [2.24, 2.45) is 0 Å². The molecule has 0 spiro atoms. The molecule has 4 nitrogen and oxygen atoms in total. The van der Waals surface area contributed by atoms with Crippen molar-refractivity contribution in [1.82, 2.24) is 14.5 Å². The normalized spacial score (nSPS) is 11.4. The number of nitrogens with zero attached hydrogens (tertiary/aromatic N) is 3. The third kappa shape index (κ3) is 5.96. The fraction of sp³-hybridized carbons (Fsp3) is 0. The highest BCUT2D eigenvalue weighted by Gasteiger charge is 2.18. The molecule has 11 aromatic rings. The Kier molecular flexibility index (Phi) is 8.11. The van der Waals surface area contributed by atoms with E-state index >= 15 is 0 Å². The lowest BCUT2D eigenvalue weighted by Gasteiger charge is -2.10. The van der Waals surface area contributed by atoms with Crippen LogP contribution in [-0.4, -0.2) is 14.5 Å². The van der Waals surface area contributed by atoms with E-state index in [2.05, 4.69) is 198 Å². The molecule has 0 saturated heterocycles. The number of para-hydroxylation sites is 2. The first kappa shape index (κ1) is 33.5. The summed E-state index contributed by atoms with van der Waals surface area (Å²) in [6, 6.07) is 70.8. The zero-order valence-corrected chi connectivity index (χ0v) is 31.5.